The van der Waals surface area contributed by atoms with Gasteiger partial charge in [-0.05, 0) is 37.2 Å². The Labute approximate surface area is 151 Å². The predicted octanol–water partition coefficient (Wildman–Crippen LogP) is 4.41. The fourth-order valence-electron chi connectivity index (χ4n) is 2.69. The van der Waals surface area contributed by atoms with Gasteiger partial charge in [0.25, 0.3) is 0 Å². The number of carbonyl (C=O) groups is 1. The summed E-state index contributed by atoms with van der Waals surface area (Å²) < 4.78 is 0. The van der Waals surface area contributed by atoms with Gasteiger partial charge in [-0.1, -0.05) is 62.4 Å². The van der Waals surface area contributed by atoms with Crippen molar-refractivity contribution in [1.29, 1.82) is 0 Å². The van der Waals surface area contributed by atoms with Crippen LogP contribution >= 0.6 is 0 Å². The van der Waals surface area contributed by atoms with Gasteiger partial charge in [0.15, 0.2) is 0 Å². The van der Waals surface area contributed by atoms with Crippen LogP contribution in [0.3, 0.4) is 0 Å². The summed E-state index contributed by atoms with van der Waals surface area (Å²) in [6.07, 6.45) is 0. The Bertz CT molecular complexity index is 668. The molecule has 0 aliphatic rings. The third-order valence-electron chi connectivity index (χ3n) is 4.15. The maximum absolute atomic E-state index is 12.9. The van der Waals surface area contributed by atoms with Crippen molar-refractivity contribution in [3.8, 4) is 0 Å². The van der Waals surface area contributed by atoms with Crippen LogP contribution in [0, 0.1) is 0 Å². The third kappa shape index (κ3) is 5.91. The monoisotopic (exact) mass is 339 g/mol. The highest BCUT2D eigenvalue weighted by molar-refractivity contribution is 5.90. The molecule has 0 bridgehead atoms. The van der Waals surface area contributed by atoms with E-state index in [2.05, 4.69) is 42.3 Å². The van der Waals surface area contributed by atoms with Crippen molar-refractivity contribution in [3.05, 3.63) is 65.7 Å². The summed E-state index contributed by atoms with van der Waals surface area (Å²) in [6.45, 7) is 6.38. The van der Waals surface area contributed by atoms with Gasteiger partial charge in [-0.25, -0.2) is 4.79 Å². The molecule has 0 saturated heterocycles. The molecule has 0 heterocycles. The molecule has 0 fully saturated rings. The second kappa shape index (κ2) is 9.23. The molecule has 0 radical (unpaired) electrons. The minimum atomic E-state index is -0.0567. The zero-order chi connectivity index (χ0) is 18.2. The van der Waals surface area contributed by atoms with Crippen molar-refractivity contribution in [2.75, 3.05) is 32.5 Å². The molecule has 0 spiro atoms. The first-order valence-electron chi connectivity index (χ1n) is 8.81. The van der Waals surface area contributed by atoms with Gasteiger partial charge in [-0.3, -0.25) is 0 Å². The lowest BCUT2D eigenvalue weighted by Gasteiger charge is -2.26. The van der Waals surface area contributed by atoms with Gasteiger partial charge in [-0.2, -0.15) is 0 Å². The summed E-state index contributed by atoms with van der Waals surface area (Å²) in [6, 6.07) is 18.1. The molecule has 0 aliphatic heterocycles. The quantitative estimate of drug-likeness (QED) is 0.811. The number of hydrogen-bond acceptors (Lipinski definition) is 2. The number of rotatable bonds is 7. The number of anilines is 1. The molecule has 0 aromatic heterocycles. The fourth-order valence-corrected chi connectivity index (χ4v) is 2.69. The predicted molar refractivity (Wildman–Crippen MR) is 105 cm³/mol. The molecule has 2 amide bonds. The minimum Gasteiger partial charge on any atom is -0.319 e. The number of nitrogens with zero attached hydrogens (tertiary/aromatic N) is 2. The number of para-hydroxylation sites is 1. The Balaban J connectivity index is 2.14. The highest BCUT2D eigenvalue weighted by Gasteiger charge is 2.16. The number of hydrogen-bond donors (Lipinski definition) is 1. The van der Waals surface area contributed by atoms with Gasteiger partial charge in [0, 0.05) is 25.3 Å². The fraction of sp³-hybridized carbons (Fsp3) is 0.381. The molecule has 2 aromatic carbocycles. The van der Waals surface area contributed by atoms with Crippen LogP contribution in [-0.2, 0) is 6.54 Å². The molecular formula is C21H29N3O. The topological polar surface area (TPSA) is 35.6 Å². The van der Waals surface area contributed by atoms with Gasteiger partial charge in [0.05, 0.1) is 0 Å². The van der Waals surface area contributed by atoms with Crippen LogP contribution in [0.25, 0.3) is 0 Å². The second-order valence-corrected chi connectivity index (χ2v) is 6.88. The Morgan fingerprint density at radius 3 is 2.24 bits per heavy atom. The molecule has 25 heavy (non-hydrogen) atoms. The molecule has 0 saturated carbocycles. The standard InChI is InChI=1S/C21H29N3O/c1-17(2)19-12-8-9-13-20(19)22-21(25)24(15-14-23(3)4)16-18-10-6-5-7-11-18/h5-13,17H,14-16H2,1-4H3,(H,22,25). The summed E-state index contributed by atoms with van der Waals surface area (Å²) in [7, 11) is 4.04. The highest BCUT2D eigenvalue weighted by atomic mass is 16.2. The number of urea groups is 1. The first kappa shape index (κ1) is 19.0. The number of benzene rings is 2. The van der Waals surface area contributed by atoms with E-state index in [-0.39, 0.29) is 6.03 Å². The van der Waals surface area contributed by atoms with Crippen LogP contribution in [0.5, 0.6) is 0 Å². The van der Waals surface area contributed by atoms with E-state index in [1.54, 1.807) is 0 Å². The molecule has 2 aromatic rings. The van der Waals surface area contributed by atoms with Crippen molar-refractivity contribution in [2.24, 2.45) is 0 Å². The zero-order valence-electron chi connectivity index (χ0n) is 15.7. The van der Waals surface area contributed by atoms with Crippen molar-refractivity contribution < 1.29 is 4.79 Å². The van der Waals surface area contributed by atoms with Gasteiger partial charge >= 0.3 is 6.03 Å². The Hall–Kier alpha value is -2.33. The first-order chi connectivity index (χ1) is 12.0. The average Bonchev–Trinajstić information content (AvgIpc) is 2.59. The molecular weight excluding hydrogens is 310 g/mol. The smallest absolute Gasteiger partial charge is 0.319 e. The lowest BCUT2D eigenvalue weighted by Crippen LogP contribution is -2.39. The lowest BCUT2D eigenvalue weighted by molar-refractivity contribution is 0.202. The summed E-state index contributed by atoms with van der Waals surface area (Å²) in [5, 5.41) is 3.10. The molecule has 4 nitrogen and oxygen atoms in total. The zero-order valence-corrected chi connectivity index (χ0v) is 15.7. The number of likely N-dealkylation sites (N-methyl/N-ethyl adjacent to an activating group) is 1. The van der Waals surface area contributed by atoms with E-state index in [1.165, 1.54) is 0 Å². The first-order valence-corrected chi connectivity index (χ1v) is 8.81. The Morgan fingerprint density at radius 2 is 1.60 bits per heavy atom. The molecule has 2 rings (SSSR count). The van der Waals surface area contributed by atoms with Crippen molar-refractivity contribution in [2.45, 2.75) is 26.3 Å². The number of amides is 2. The van der Waals surface area contributed by atoms with Gasteiger partial charge in [0.1, 0.15) is 0 Å². The Kier molecular flexibility index (Phi) is 7.02. The molecule has 4 heteroatoms. The largest absolute Gasteiger partial charge is 0.322 e. The Morgan fingerprint density at radius 1 is 0.960 bits per heavy atom. The average molecular weight is 339 g/mol. The van der Waals surface area contributed by atoms with Crippen LogP contribution < -0.4 is 5.32 Å². The van der Waals surface area contributed by atoms with Crippen LogP contribution in [0.2, 0.25) is 0 Å². The van der Waals surface area contributed by atoms with Gasteiger partial charge in [-0.15, -0.1) is 0 Å². The van der Waals surface area contributed by atoms with Crippen LogP contribution in [0.4, 0.5) is 10.5 Å². The van der Waals surface area contributed by atoms with E-state index >= 15 is 0 Å². The summed E-state index contributed by atoms with van der Waals surface area (Å²) >= 11 is 0. The molecule has 0 unspecified atom stereocenters. The maximum Gasteiger partial charge on any atom is 0.322 e. The minimum absolute atomic E-state index is 0.0567. The number of carbonyl (C=O) groups excluding carboxylic acids is 1. The van der Waals surface area contributed by atoms with E-state index in [1.807, 2.05) is 55.4 Å². The van der Waals surface area contributed by atoms with Crippen LogP contribution in [-0.4, -0.2) is 43.0 Å². The highest BCUT2D eigenvalue weighted by Crippen LogP contribution is 2.24. The molecule has 0 aliphatic carbocycles. The van der Waals surface area contributed by atoms with Crippen molar-refractivity contribution in [1.82, 2.24) is 9.80 Å². The summed E-state index contributed by atoms with van der Waals surface area (Å²) in [4.78, 5) is 16.9. The van der Waals surface area contributed by atoms with E-state index < -0.39 is 0 Å². The van der Waals surface area contributed by atoms with Gasteiger partial charge in [0.2, 0.25) is 0 Å². The second-order valence-electron chi connectivity index (χ2n) is 6.88. The van der Waals surface area contributed by atoms with E-state index in [0.29, 0.717) is 19.0 Å². The van der Waals surface area contributed by atoms with Crippen molar-refractivity contribution in [3.63, 3.8) is 0 Å². The van der Waals surface area contributed by atoms with E-state index in [9.17, 15) is 4.79 Å². The van der Waals surface area contributed by atoms with Crippen LogP contribution in [0.15, 0.2) is 54.6 Å². The summed E-state index contributed by atoms with van der Waals surface area (Å²) in [5.74, 6) is 0.362. The third-order valence-corrected chi connectivity index (χ3v) is 4.15. The van der Waals surface area contributed by atoms with Gasteiger partial charge < -0.3 is 15.1 Å². The molecule has 1 N–H and O–H groups in total. The van der Waals surface area contributed by atoms with Crippen LogP contribution in [0.1, 0.15) is 30.9 Å². The lowest BCUT2D eigenvalue weighted by atomic mass is 10.0. The summed E-state index contributed by atoms with van der Waals surface area (Å²) in [5.41, 5.74) is 3.18. The number of nitrogens with one attached hydrogen (secondary N) is 1. The molecule has 0 atom stereocenters. The molecule has 134 valence electrons. The normalized spacial score (nSPS) is 11.0. The van der Waals surface area contributed by atoms with E-state index in [4.69, 9.17) is 0 Å². The van der Waals surface area contributed by atoms with Crippen molar-refractivity contribution >= 4 is 11.7 Å². The maximum atomic E-state index is 12.9. The van der Waals surface area contributed by atoms with E-state index in [0.717, 1.165) is 23.4 Å². The SMILES string of the molecule is CC(C)c1ccccc1NC(=O)N(CCN(C)C)Cc1ccccc1.